The molecule has 2 rings (SSSR count). The van der Waals surface area contributed by atoms with E-state index in [1.165, 1.54) is 18.4 Å². The van der Waals surface area contributed by atoms with Crippen LogP contribution in [0.15, 0.2) is 6.20 Å². The van der Waals surface area contributed by atoms with Gasteiger partial charge in [0.15, 0.2) is 0 Å². The molecule has 1 fully saturated rings. The Kier molecular flexibility index (Phi) is 3.96. The van der Waals surface area contributed by atoms with Gasteiger partial charge in [-0.3, -0.25) is 4.68 Å². The van der Waals surface area contributed by atoms with E-state index < -0.39 is 0 Å². The zero-order valence-corrected chi connectivity index (χ0v) is 10.2. The number of hydrogen-bond acceptors (Lipinski definition) is 3. The van der Waals surface area contributed by atoms with Crippen LogP contribution in [0.25, 0.3) is 0 Å². The largest absolute Gasteiger partial charge is 0.381 e. The van der Waals surface area contributed by atoms with E-state index in [1.807, 2.05) is 11.7 Å². The number of aryl methyl sites for hydroxylation is 2. The maximum atomic E-state index is 5.46. The second kappa shape index (κ2) is 5.46. The summed E-state index contributed by atoms with van der Waals surface area (Å²) < 4.78 is 7.33. The van der Waals surface area contributed by atoms with Crippen LogP contribution in [0, 0.1) is 12.8 Å². The summed E-state index contributed by atoms with van der Waals surface area (Å²) in [6.45, 7) is 5.88. The second-order valence-electron chi connectivity index (χ2n) is 4.63. The molecule has 4 nitrogen and oxygen atoms in total. The highest BCUT2D eigenvalue weighted by Gasteiger charge is 2.13. The van der Waals surface area contributed by atoms with Crippen molar-refractivity contribution >= 4 is 0 Å². The average Bonchev–Trinajstić information content (AvgIpc) is 2.59. The summed E-state index contributed by atoms with van der Waals surface area (Å²) in [5.41, 5.74) is 2.41. The molecule has 2 heterocycles. The van der Waals surface area contributed by atoms with Crippen molar-refractivity contribution in [3.8, 4) is 0 Å². The van der Waals surface area contributed by atoms with Gasteiger partial charge in [-0.25, -0.2) is 0 Å². The Bertz CT molecular complexity index is 329. The van der Waals surface area contributed by atoms with Crippen LogP contribution in [0.5, 0.6) is 0 Å². The zero-order chi connectivity index (χ0) is 11.4. The van der Waals surface area contributed by atoms with Gasteiger partial charge in [0.1, 0.15) is 0 Å². The Morgan fingerprint density at radius 2 is 2.50 bits per heavy atom. The first kappa shape index (κ1) is 11.6. The van der Waals surface area contributed by atoms with Gasteiger partial charge in [-0.05, 0) is 25.7 Å². The fourth-order valence-corrected chi connectivity index (χ4v) is 2.20. The van der Waals surface area contributed by atoms with E-state index in [0.29, 0.717) is 5.92 Å². The molecule has 1 aromatic heterocycles. The van der Waals surface area contributed by atoms with E-state index in [4.69, 9.17) is 4.74 Å². The van der Waals surface area contributed by atoms with Gasteiger partial charge < -0.3 is 10.1 Å². The lowest BCUT2D eigenvalue weighted by atomic mass is 10.0. The van der Waals surface area contributed by atoms with E-state index >= 15 is 0 Å². The Morgan fingerprint density at radius 3 is 3.12 bits per heavy atom. The van der Waals surface area contributed by atoms with Crippen LogP contribution in [0.2, 0.25) is 0 Å². The lowest BCUT2D eigenvalue weighted by Crippen LogP contribution is -2.28. The molecular formula is C12H21N3O. The predicted octanol–water partition coefficient (Wildman–Crippen LogP) is 1.24. The van der Waals surface area contributed by atoms with Gasteiger partial charge in [-0.1, -0.05) is 0 Å². The third-order valence-corrected chi connectivity index (χ3v) is 3.12. The molecule has 0 radical (unpaired) electrons. The molecule has 0 aliphatic carbocycles. The molecule has 90 valence electrons. The summed E-state index contributed by atoms with van der Waals surface area (Å²) in [6.07, 6.45) is 4.58. The summed E-state index contributed by atoms with van der Waals surface area (Å²) >= 11 is 0. The summed E-state index contributed by atoms with van der Waals surface area (Å²) in [5.74, 6) is 0.686. The van der Waals surface area contributed by atoms with Crippen LogP contribution in [-0.4, -0.2) is 29.5 Å². The minimum absolute atomic E-state index is 0.686. The molecule has 0 amide bonds. The van der Waals surface area contributed by atoms with Gasteiger partial charge in [-0.15, -0.1) is 0 Å². The molecule has 0 aromatic carbocycles. The van der Waals surface area contributed by atoms with Crippen molar-refractivity contribution in [3.63, 3.8) is 0 Å². The van der Waals surface area contributed by atoms with Gasteiger partial charge >= 0.3 is 0 Å². The van der Waals surface area contributed by atoms with E-state index in [1.54, 1.807) is 0 Å². The molecule has 1 saturated heterocycles. The van der Waals surface area contributed by atoms with E-state index in [0.717, 1.165) is 32.0 Å². The molecule has 1 atom stereocenters. The van der Waals surface area contributed by atoms with Crippen molar-refractivity contribution < 1.29 is 4.74 Å². The monoisotopic (exact) mass is 223 g/mol. The van der Waals surface area contributed by atoms with Crippen molar-refractivity contribution in [2.45, 2.75) is 26.3 Å². The van der Waals surface area contributed by atoms with Crippen molar-refractivity contribution in [3.05, 3.63) is 17.5 Å². The van der Waals surface area contributed by atoms with Crippen LogP contribution in [0.3, 0.4) is 0 Å². The Morgan fingerprint density at radius 1 is 1.62 bits per heavy atom. The molecule has 1 unspecified atom stereocenters. The molecule has 1 aliphatic heterocycles. The Labute approximate surface area is 97.0 Å². The van der Waals surface area contributed by atoms with Crippen molar-refractivity contribution in [1.29, 1.82) is 0 Å². The lowest BCUT2D eigenvalue weighted by molar-refractivity contribution is 0.0547. The molecule has 1 aliphatic rings. The molecule has 0 saturated carbocycles. The van der Waals surface area contributed by atoms with Crippen LogP contribution >= 0.6 is 0 Å². The highest BCUT2D eigenvalue weighted by Crippen LogP contribution is 2.12. The maximum absolute atomic E-state index is 5.46. The predicted molar refractivity (Wildman–Crippen MR) is 63.2 cm³/mol. The molecule has 1 N–H and O–H groups in total. The smallest absolute Gasteiger partial charge is 0.0638 e. The van der Waals surface area contributed by atoms with Crippen LogP contribution in [0.1, 0.15) is 24.1 Å². The third kappa shape index (κ3) is 3.06. The number of nitrogens with zero attached hydrogens (tertiary/aromatic N) is 2. The molecular weight excluding hydrogens is 202 g/mol. The van der Waals surface area contributed by atoms with Gasteiger partial charge in [-0.2, -0.15) is 5.10 Å². The first-order valence-electron chi connectivity index (χ1n) is 6.03. The zero-order valence-electron chi connectivity index (χ0n) is 10.2. The molecule has 4 heteroatoms. The quantitative estimate of drug-likeness (QED) is 0.835. The fraction of sp³-hybridized carbons (Fsp3) is 0.750. The average molecular weight is 223 g/mol. The minimum atomic E-state index is 0.686. The van der Waals surface area contributed by atoms with Crippen molar-refractivity contribution in [1.82, 2.24) is 15.1 Å². The van der Waals surface area contributed by atoms with E-state index in [-0.39, 0.29) is 0 Å². The topological polar surface area (TPSA) is 39.1 Å². The number of ether oxygens (including phenoxy) is 1. The highest BCUT2D eigenvalue weighted by atomic mass is 16.5. The van der Waals surface area contributed by atoms with Crippen LogP contribution in [-0.2, 0) is 18.3 Å². The fourth-order valence-electron chi connectivity index (χ4n) is 2.20. The Balaban J connectivity index is 1.73. The SMILES string of the molecule is Cc1nn(C)cc1CNCC1CCCOC1. The first-order valence-corrected chi connectivity index (χ1v) is 6.03. The van der Waals surface area contributed by atoms with Gasteiger partial charge in [0, 0.05) is 38.5 Å². The van der Waals surface area contributed by atoms with Crippen LogP contribution in [0.4, 0.5) is 0 Å². The second-order valence-corrected chi connectivity index (χ2v) is 4.63. The first-order chi connectivity index (χ1) is 7.75. The Hall–Kier alpha value is -0.870. The van der Waals surface area contributed by atoms with Crippen LogP contribution < -0.4 is 5.32 Å². The van der Waals surface area contributed by atoms with E-state index in [2.05, 4.69) is 23.5 Å². The van der Waals surface area contributed by atoms with E-state index in [9.17, 15) is 0 Å². The summed E-state index contributed by atoms with van der Waals surface area (Å²) in [6, 6.07) is 0. The number of rotatable bonds is 4. The van der Waals surface area contributed by atoms with Gasteiger partial charge in [0.25, 0.3) is 0 Å². The summed E-state index contributed by atoms with van der Waals surface area (Å²) in [5, 5.41) is 7.82. The standard InChI is InChI=1S/C12H21N3O/c1-10-12(8-15(2)14-10)7-13-6-11-4-3-5-16-9-11/h8,11,13H,3-7,9H2,1-2H3. The maximum Gasteiger partial charge on any atom is 0.0638 e. The summed E-state index contributed by atoms with van der Waals surface area (Å²) in [4.78, 5) is 0. The minimum Gasteiger partial charge on any atom is -0.381 e. The number of aromatic nitrogens is 2. The number of hydrogen-bond donors (Lipinski definition) is 1. The number of nitrogens with one attached hydrogen (secondary N) is 1. The lowest BCUT2D eigenvalue weighted by Gasteiger charge is -2.22. The molecule has 1 aromatic rings. The summed E-state index contributed by atoms with van der Waals surface area (Å²) in [7, 11) is 1.96. The molecule has 0 spiro atoms. The van der Waals surface area contributed by atoms with Crippen molar-refractivity contribution in [2.24, 2.45) is 13.0 Å². The highest BCUT2D eigenvalue weighted by molar-refractivity contribution is 5.14. The van der Waals surface area contributed by atoms with Gasteiger partial charge in [0.05, 0.1) is 12.3 Å². The normalized spacial score (nSPS) is 21.2. The third-order valence-electron chi connectivity index (χ3n) is 3.12. The van der Waals surface area contributed by atoms with Crippen molar-refractivity contribution in [2.75, 3.05) is 19.8 Å². The molecule has 16 heavy (non-hydrogen) atoms. The van der Waals surface area contributed by atoms with Gasteiger partial charge in [0.2, 0.25) is 0 Å². The molecule has 0 bridgehead atoms.